The molecule has 0 aliphatic carbocycles. The number of rotatable bonds is 10. The second kappa shape index (κ2) is 10.1. The first-order valence-electron chi connectivity index (χ1n) is 10.8. The topological polar surface area (TPSA) is 196 Å². The molecule has 1 saturated heterocycles. The number of aromatic nitrogens is 4. The number of halogens is 2. The van der Waals surface area contributed by atoms with Crippen LogP contribution >= 0.6 is 7.75 Å². The Bertz CT molecular complexity index is 1330. The summed E-state index contributed by atoms with van der Waals surface area (Å²) in [5.74, 6) is -5.18. The second-order valence-electron chi connectivity index (χ2n) is 8.04. The van der Waals surface area contributed by atoms with Crippen LogP contribution in [0.4, 0.5) is 20.5 Å². The molecule has 1 aromatic carbocycles. The Morgan fingerprint density at radius 1 is 1.35 bits per heavy atom. The Hall–Kier alpha value is -3.43. The number of carboxylic acids is 1. The van der Waals surface area contributed by atoms with Gasteiger partial charge in [-0.25, -0.2) is 9.55 Å². The summed E-state index contributed by atoms with van der Waals surface area (Å²) in [7, 11) is -2.90. The average molecular weight is 543 g/mol. The van der Waals surface area contributed by atoms with Crippen LogP contribution in [0.2, 0.25) is 0 Å². The van der Waals surface area contributed by atoms with Crippen LogP contribution in [-0.2, 0) is 18.6 Å². The van der Waals surface area contributed by atoms with Gasteiger partial charge in [0.25, 0.3) is 0 Å². The van der Waals surface area contributed by atoms with Crippen molar-refractivity contribution in [2.75, 3.05) is 24.7 Å². The first-order chi connectivity index (χ1) is 17.4. The molecule has 4 rings (SSSR count). The molecule has 1 unspecified atom stereocenters. The zero-order valence-corrected chi connectivity index (χ0v) is 20.4. The lowest BCUT2D eigenvalue weighted by Crippen LogP contribution is -2.40. The lowest BCUT2D eigenvalue weighted by Gasteiger charge is -2.23. The van der Waals surface area contributed by atoms with E-state index in [4.69, 9.17) is 19.5 Å². The highest BCUT2D eigenvalue weighted by molar-refractivity contribution is 7.52. The molecule has 0 bridgehead atoms. The summed E-state index contributed by atoms with van der Waals surface area (Å²) < 4.78 is 60.5. The zero-order chi connectivity index (χ0) is 27.0. The van der Waals surface area contributed by atoms with Crippen molar-refractivity contribution >= 4 is 36.6 Å². The number of carboxylic acid groups (broad SMARTS) is 1. The lowest BCUT2D eigenvalue weighted by molar-refractivity contribution is -0.138. The minimum Gasteiger partial charge on any atom is -0.480 e. The van der Waals surface area contributed by atoms with Crippen LogP contribution in [0.1, 0.15) is 13.2 Å². The fourth-order valence-corrected chi connectivity index (χ4v) is 5.07. The molecule has 3 aromatic rings. The maximum absolute atomic E-state index is 15.1. The van der Waals surface area contributed by atoms with Gasteiger partial charge in [-0.2, -0.15) is 23.8 Å². The number of aliphatic hydroxyl groups excluding tert-OH is 1. The molecule has 0 spiro atoms. The Balaban J connectivity index is 1.58. The molecule has 17 heteroatoms. The van der Waals surface area contributed by atoms with Crippen LogP contribution in [0.5, 0.6) is 5.75 Å². The fraction of sp³-hybridized carbons (Fsp3) is 0.400. The third-order valence-corrected chi connectivity index (χ3v) is 7.05. The number of carbonyl (C=O) groups is 1. The Morgan fingerprint density at radius 2 is 2.05 bits per heavy atom. The van der Waals surface area contributed by atoms with Crippen molar-refractivity contribution in [3.8, 4) is 5.75 Å². The SMILES string of the molecule is CNc1nc(N)nc2c1ncn2[C@@H]1O[C@H](CO[P@@](=O)(NC(C)C(=O)O)Oc2ccccc2)[C@@H](O)C1(F)F. The van der Waals surface area contributed by atoms with Gasteiger partial charge < -0.3 is 30.5 Å². The van der Waals surface area contributed by atoms with Gasteiger partial charge in [-0.15, -0.1) is 0 Å². The fourth-order valence-electron chi connectivity index (χ4n) is 3.56. The molecule has 0 radical (unpaired) electrons. The molecule has 200 valence electrons. The third kappa shape index (κ3) is 5.33. The lowest BCUT2D eigenvalue weighted by atomic mass is 10.1. The molecule has 0 amide bonds. The summed E-state index contributed by atoms with van der Waals surface area (Å²) in [6.45, 7) is 0.344. The number of hydrogen-bond donors (Lipinski definition) is 5. The highest BCUT2D eigenvalue weighted by Crippen LogP contribution is 2.48. The highest BCUT2D eigenvalue weighted by atomic mass is 31.2. The minimum absolute atomic E-state index is 0.0644. The van der Waals surface area contributed by atoms with Crippen molar-refractivity contribution in [3.05, 3.63) is 36.7 Å². The van der Waals surface area contributed by atoms with Gasteiger partial charge in [0.1, 0.15) is 17.9 Å². The molecule has 6 N–H and O–H groups in total. The molecule has 1 aliphatic rings. The predicted molar refractivity (Wildman–Crippen MR) is 125 cm³/mol. The molecule has 2 aromatic heterocycles. The van der Waals surface area contributed by atoms with Crippen molar-refractivity contribution in [2.24, 2.45) is 0 Å². The number of ether oxygens (including phenoxy) is 1. The molecule has 1 aliphatic heterocycles. The first kappa shape index (κ1) is 26.6. The molecule has 14 nitrogen and oxygen atoms in total. The maximum Gasteiger partial charge on any atom is 0.459 e. The standard InChI is InChI=1S/C20H24F2N7O7P/c1-10(17(31)32)28-37(33,36-11-6-4-3-5-7-11)34-8-12-14(30)20(21,22)18(35-12)29-9-25-13-15(24-2)26-19(23)27-16(13)29/h3-7,9-10,12,14,18,30H,8H2,1-2H3,(H,28,33)(H,31,32)(H3,23,24,26,27)/t10?,12-,14-,18-,37+/m1/s1. The molecular formula is C20H24F2N7O7P. The van der Waals surface area contributed by atoms with Crippen LogP contribution in [0.3, 0.4) is 0 Å². The van der Waals surface area contributed by atoms with Crippen LogP contribution in [-0.4, -0.2) is 73.5 Å². The summed E-state index contributed by atoms with van der Waals surface area (Å²) in [5, 5.41) is 24.5. The number of benzene rings is 1. The number of hydrogen-bond acceptors (Lipinski definition) is 11. The van der Waals surface area contributed by atoms with Gasteiger partial charge >= 0.3 is 19.6 Å². The molecular weight excluding hydrogens is 519 g/mol. The number of nitrogens with one attached hydrogen (secondary N) is 2. The number of para-hydroxylation sites is 1. The van der Waals surface area contributed by atoms with Gasteiger partial charge in [0, 0.05) is 7.05 Å². The van der Waals surface area contributed by atoms with Crippen molar-refractivity contribution in [1.29, 1.82) is 0 Å². The summed E-state index contributed by atoms with van der Waals surface area (Å²) in [5.41, 5.74) is 5.73. The van der Waals surface area contributed by atoms with E-state index in [1.54, 1.807) is 18.2 Å². The number of anilines is 2. The second-order valence-corrected chi connectivity index (χ2v) is 9.73. The van der Waals surface area contributed by atoms with E-state index in [0.29, 0.717) is 0 Å². The first-order valence-corrected chi connectivity index (χ1v) is 12.4. The van der Waals surface area contributed by atoms with E-state index in [-0.39, 0.29) is 28.7 Å². The van der Waals surface area contributed by atoms with Crippen molar-refractivity contribution in [1.82, 2.24) is 24.6 Å². The smallest absolute Gasteiger partial charge is 0.459 e. The van der Waals surface area contributed by atoms with Crippen LogP contribution in [0, 0.1) is 0 Å². The van der Waals surface area contributed by atoms with Crippen molar-refractivity contribution in [3.63, 3.8) is 0 Å². The van der Waals surface area contributed by atoms with E-state index in [1.165, 1.54) is 26.1 Å². The number of nitrogens with zero attached hydrogens (tertiary/aromatic N) is 4. The largest absolute Gasteiger partial charge is 0.480 e. The molecule has 3 heterocycles. The number of imidazole rings is 1. The van der Waals surface area contributed by atoms with E-state index >= 15 is 8.78 Å². The van der Waals surface area contributed by atoms with Crippen molar-refractivity contribution < 1.29 is 42.1 Å². The average Bonchev–Trinajstić information content (AvgIpc) is 3.35. The third-order valence-electron chi connectivity index (χ3n) is 5.41. The van der Waals surface area contributed by atoms with Gasteiger partial charge in [-0.3, -0.25) is 13.9 Å². The van der Waals surface area contributed by atoms with Crippen LogP contribution in [0.25, 0.3) is 11.2 Å². The number of alkyl halides is 2. The normalized spacial score (nSPS) is 23.4. The van der Waals surface area contributed by atoms with E-state index in [0.717, 1.165) is 10.9 Å². The van der Waals surface area contributed by atoms with Gasteiger partial charge in [0.15, 0.2) is 23.1 Å². The number of aliphatic hydroxyl groups is 1. The van der Waals surface area contributed by atoms with Crippen LogP contribution in [0.15, 0.2) is 36.7 Å². The monoisotopic (exact) mass is 543 g/mol. The minimum atomic E-state index is -4.44. The van der Waals surface area contributed by atoms with Gasteiger partial charge in [0.2, 0.25) is 12.2 Å². The summed E-state index contributed by atoms with van der Waals surface area (Å²) >= 11 is 0. The van der Waals surface area contributed by atoms with E-state index in [2.05, 4.69) is 25.4 Å². The number of nitrogen functional groups attached to an aromatic ring is 1. The van der Waals surface area contributed by atoms with E-state index in [9.17, 15) is 19.6 Å². The summed E-state index contributed by atoms with van der Waals surface area (Å²) in [6.07, 6.45) is -5.15. The Labute approximate surface area is 208 Å². The summed E-state index contributed by atoms with van der Waals surface area (Å²) in [6, 6.07) is 6.29. The van der Waals surface area contributed by atoms with E-state index < -0.39 is 50.7 Å². The maximum atomic E-state index is 15.1. The van der Waals surface area contributed by atoms with Gasteiger partial charge in [0.05, 0.1) is 12.9 Å². The zero-order valence-electron chi connectivity index (χ0n) is 19.5. The highest BCUT2D eigenvalue weighted by Gasteiger charge is 2.60. The Morgan fingerprint density at radius 3 is 2.70 bits per heavy atom. The quantitative estimate of drug-likeness (QED) is 0.232. The molecule has 1 fully saturated rings. The van der Waals surface area contributed by atoms with Gasteiger partial charge in [-0.1, -0.05) is 18.2 Å². The number of nitrogens with two attached hydrogens (primary N) is 1. The molecule has 37 heavy (non-hydrogen) atoms. The predicted octanol–water partition coefficient (Wildman–Crippen LogP) is 1.61. The molecule has 5 atom stereocenters. The summed E-state index contributed by atoms with van der Waals surface area (Å²) in [4.78, 5) is 23.2. The van der Waals surface area contributed by atoms with Crippen LogP contribution < -0.4 is 20.7 Å². The number of aliphatic carboxylic acids is 1. The molecule has 0 saturated carbocycles. The van der Waals surface area contributed by atoms with Gasteiger partial charge in [-0.05, 0) is 19.1 Å². The van der Waals surface area contributed by atoms with Crippen molar-refractivity contribution in [2.45, 2.75) is 37.3 Å². The van der Waals surface area contributed by atoms with E-state index in [1.807, 2.05) is 0 Å². The Kier molecular flexibility index (Phi) is 7.30. The number of fused-ring (bicyclic) bond motifs is 1.